The van der Waals surface area contributed by atoms with E-state index in [1.54, 1.807) is 6.07 Å². The molecule has 5 rings (SSSR count). The van der Waals surface area contributed by atoms with E-state index in [0.717, 1.165) is 35.3 Å². The van der Waals surface area contributed by atoms with Crippen molar-refractivity contribution < 1.29 is 9.59 Å². The number of nitrogen functional groups attached to an aromatic ring is 1. The van der Waals surface area contributed by atoms with Crippen LogP contribution in [-0.4, -0.2) is 27.9 Å². The summed E-state index contributed by atoms with van der Waals surface area (Å²) < 4.78 is 0. The fraction of sp³-hybridized carbons (Fsp3) is 0.167. The van der Waals surface area contributed by atoms with Gasteiger partial charge in [-0.2, -0.15) is 0 Å². The number of rotatable bonds is 7. The molecule has 1 aliphatic rings. The van der Waals surface area contributed by atoms with E-state index in [9.17, 15) is 9.59 Å². The van der Waals surface area contributed by atoms with Crippen LogP contribution in [-0.2, 0) is 6.54 Å². The van der Waals surface area contributed by atoms with E-state index in [2.05, 4.69) is 20.9 Å². The topological polar surface area (TPSA) is 148 Å². The zero-order chi connectivity index (χ0) is 23.7. The van der Waals surface area contributed by atoms with E-state index in [4.69, 9.17) is 16.5 Å². The highest BCUT2D eigenvalue weighted by Gasteiger charge is 2.25. The average Bonchev–Trinajstić information content (AvgIpc) is 3.58. The Bertz CT molecular complexity index is 1380. The number of nitrogens with two attached hydrogens (primary N) is 2. The van der Waals surface area contributed by atoms with Crippen molar-refractivity contribution in [3.63, 3.8) is 0 Å². The molecule has 0 saturated heterocycles. The van der Waals surface area contributed by atoms with Gasteiger partial charge in [-0.25, -0.2) is 14.8 Å². The summed E-state index contributed by atoms with van der Waals surface area (Å²) in [6, 6.07) is 17.0. The number of carbonyl (C=O) groups is 2. The number of carbonyl (C=O) groups excluding carboxylic acids is 2. The van der Waals surface area contributed by atoms with Gasteiger partial charge < -0.3 is 27.4 Å². The predicted octanol–water partition coefficient (Wildman–Crippen LogP) is 3.94. The number of hydrogen-bond acceptors (Lipinski definition) is 7. The molecule has 1 saturated carbocycles. The highest BCUT2D eigenvalue weighted by molar-refractivity contribution is 7.21. The van der Waals surface area contributed by atoms with Crippen molar-refractivity contribution in [1.82, 2.24) is 15.3 Å². The lowest BCUT2D eigenvalue weighted by atomic mass is 10.1. The number of fused-ring (bicyclic) bond motifs is 1. The van der Waals surface area contributed by atoms with Gasteiger partial charge in [0.2, 0.25) is 5.95 Å². The van der Waals surface area contributed by atoms with Crippen LogP contribution in [0.15, 0.2) is 54.6 Å². The number of primary amides is 1. The second-order valence-corrected chi connectivity index (χ2v) is 9.08. The van der Waals surface area contributed by atoms with Crippen molar-refractivity contribution >= 4 is 50.8 Å². The Kier molecular flexibility index (Phi) is 5.72. The molecular weight excluding hydrogens is 450 g/mol. The van der Waals surface area contributed by atoms with E-state index in [1.165, 1.54) is 0 Å². The zero-order valence-electron chi connectivity index (χ0n) is 18.2. The first kappa shape index (κ1) is 21.7. The minimum Gasteiger partial charge on any atom is -0.397 e. The SMILES string of the molecule is NC(=O)c1sc2nc(NC3CC3)nc(-c3cccc(NC(=O)NCc4ccccc4)c3)c2c1N. The summed E-state index contributed by atoms with van der Waals surface area (Å²) in [6.07, 6.45) is 2.13. The molecule has 0 aliphatic heterocycles. The highest BCUT2D eigenvalue weighted by Crippen LogP contribution is 2.39. The monoisotopic (exact) mass is 473 g/mol. The van der Waals surface area contributed by atoms with E-state index >= 15 is 0 Å². The first-order chi connectivity index (χ1) is 16.5. The minimum atomic E-state index is -0.603. The fourth-order valence-corrected chi connectivity index (χ4v) is 4.53. The van der Waals surface area contributed by atoms with E-state index in [-0.39, 0.29) is 16.6 Å². The first-order valence-electron chi connectivity index (χ1n) is 10.8. The Labute approximate surface area is 199 Å². The summed E-state index contributed by atoms with van der Waals surface area (Å²) in [7, 11) is 0. The molecule has 2 aromatic carbocycles. The molecule has 0 radical (unpaired) electrons. The summed E-state index contributed by atoms with van der Waals surface area (Å²) in [5.41, 5.74) is 15.0. The van der Waals surface area contributed by atoms with Gasteiger partial charge in [0.05, 0.1) is 16.8 Å². The third-order valence-corrected chi connectivity index (χ3v) is 6.53. The van der Waals surface area contributed by atoms with Crippen LogP contribution in [0, 0.1) is 0 Å². The van der Waals surface area contributed by atoms with Crippen LogP contribution < -0.4 is 27.4 Å². The van der Waals surface area contributed by atoms with Crippen molar-refractivity contribution in [2.75, 3.05) is 16.4 Å². The summed E-state index contributed by atoms with van der Waals surface area (Å²) >= 11 is 1.15. The second kappa shape index (κ2) is 8.99. The summed E-state index contributed by atoms with van der Waals surface area (Å²) in [6.45, 7) is 0.413. The van der Waals surface area contributed by atoms with Crippen LogP contribution in [0.25, 0.3) is 21.5 Å². The number of nitrogens with one attached hydrogen (secondary N) is 3. The molecule has 0 bridgehead atoms. The fourth-order valence-electron chi connectivity index (χ4n) is 3.59. The predicted molar refractivity (Wildman–Crippen MR) is 135 cm³/mol. The van der Waals surface area contributed by atoms with Crippen molar-refractivity contribution in [1.29, 1.82) is 0 Å². The summed E-state index contributed by atoms with van der Waals surface area (Å²) in [5, 5.41) is 9.57. The third kappa shape index (κ3) is 4.62. The van der Waals surface area contributed by atoms with Gasteiger partial charge in [-0.15, -0.1) is 11.3 Å². The van der Waals surface area contributed by atoms with E-state index in [1.807, 2.05) is 48.5 Å². The third-order valence-electron chi connectivity index (χ3n) is 5.41. The molecule has 34 heavy (non-hydrogen) atoms. The minimum absolute atomic E-state index is 0.253. The number of benzene rings is 2. The molecule has 0 unspecified atom stereocenters. The Morgan fingerprint density at radius 1 is 1.06 bits per heavy atom. The standard InChI is InChI=1S/C24H23N7O2S/c25-18-17-19(30-23(28-15-9-10-15)31-22(17)34-20(18)21(26)32)14-7-4-8-16(11-14)29-24(33)27-12-13-5-2-1-3-6-13/h1-8,11,15H,9-10,12,25H2,(H2,26,32)(H2,27,29,33)(H,28,30,31). The molecule has 0 atom stereocenters. The van der Waals surface area contributed by atoms with Gasteiger partial charge in [0, 0.05) is 23.8 Å². The van der Waals surface area contributed by atoms with Gasteiger partial charge in [0.15, 0.2) is 0 Å². The molecule has 1 aliphatic carbocycles. The number of urea groups is 1. The van der Waals surface area contributed by atoms with Crippen LogP contribution >= 0.6 is 11.3 Å². The molecule has 172 valence electrons. The maximum Gasteiger partial charge on any atom is 0.319 e. The molecule has 2 aromatic heterocycles. The van der Waals surface area contributed by atoms with Crippen LogP contribution in [0.2, 0.25) is 0 Å². The van der Waals surface area contributed by atoms with Crippen LogP contribution in [0.1, 0.15) is 28.1 Å². The number of thiophene rings is 1. The van der Waals surface area contributed by atoms with Gasteiger partial charge in [0.1, 0.15) is 9.71 Å². The number of hydrogen-bond donors (Lipinski definition) is 5. The van der Waals surface area contributed by atoms with Crippen molar-refractivity contribution in [2.24, 2.45) is 5.73 Å². The highest BCUT2D eigenvalue weighted by atomic mass is 32.1. The maximum atomic E-state index is 12.4. The largest absolute Gasteiger partial charge is 0.397 e. The molecule has 7 N–H and O–H groups in total. The van der Waals surface area contributed by atoms with Crippen LogP contribution in [0.5, 0.6) is 0 Å². The molecule has 3 amide bonds. The number of aromatic nitrogens is 2. The van der Waals surface area contributed by atoms with Crippen molar-refractivity contribution in [2.45, 2.75) is 25.4 Å². The van der Waals surface area contributed by atoms with Gasteiger partial charge in [-0.1, -0.05) is 42.5 Å². The summed E-state index contributed by atoms with van der Waals surface area (Å²) in [5.74, 6) is -0.130. The first-order valence-corrected chi connectivity index (χ1v) is 11.6. The average molecular weight is 474 g/mol. The lowest BCUT2D eigenvalue weighted by Crippen LogP contribution is -2.28. The number of nitrogens with zero attached hydrogens (tertiary/aromatic N) is 2. The molecule has 0 spiro atoms. The van der Waals surface area contributed by atoms with Gasteiger partial charge in [-0.05, 0) is 30.5 Å². The Hall–Kier alpha value is -4.18. The molecule has 2 heterocycles. The molecule has 10 heteroatoms. The van der Waals surface area contributed by atoms with Crippen LogP contribution in [0.3, 0.4) is 0 Å². The van der Waals surface area contributed by atoms with Crippen molar-refractivity contribution in [3.8, 4) is 11.3 Å². The molecular formula is C24H23N7O2S. The van der Waals surface area contributed by atoms with Crippen LogP contribution in [0.4, 0.5) is 22.1 Å². The summed E-state index contributed by atoms with van der Waals surface area (Å²) in [4.78, 5) is 34.4. The zero-order valence-corrected chi connectivity index (χ0v) is 19.0. The maximum absolute atomic E-state index is 12.4. The smallest absolute Gasteiger partial charge is 0.319 e. The van der Waals surface area contributed by atoms with Gasteiger partial charge in [-0.3, -0.25) is 4.79 Å². The molecule has 1 fully saturated rings. The Morgan fingerprint density at radius 2 is 1.85 bits per heavy atom. The van der Waals surface area contributed by atoms with Gasteiger partial charge >= 0.3 is 6.03 Å². The van der Waals surface area contributed by atoms with E-state index in [0.29, 0.717) is 40.1 Å². The molecule has 9 nitrogen and oxygen atoms in total. The Morgan fingerprint density at radius 3 is 2.59 bits per heavy atom. The quantitative estimate of drug-likeness (QED) is 0.275. The number of amides is 3. The molecule has 4 aromatic rings. The lowest BCUT2D eigenvalue weighted by molar-refractivity contribution is 0.100. The second-order valence-electron chi connectivity index (χ2n) is 8.08. The lowest BCUT2D eigenvalue weighted by Gasteiger charge is -2.11. The Balaban J connectivity index is 1.45. The van der Waals surface area contributed by atoms with E-state index < -0.39 is 5.91 Å². The normalized spacial score (nSPS) is 12.9. The number of anilines is 3. The van der Waals surface area contributed by atoms with Crippen molar-refractivity contribution in [3.05, 3.63) is 65.0 Å². The van der Waals surface area contributed by atoms with Gasteiger partial charge in [0.25, 0.3) is 5.91 Å².